The number of rotatable bonds is 9. The largest absolute Gasteiger partial charge is 0.351 e. The Hall–Kier alpha value is -3.42. The zero-order valence-corrected chi connectivity index (χ0v) is 15.8. The van der Waals surface area contributed by atoms with E-state index in [2.05, 4.69) is 20.7 Å². The Morgan fingerprint density at radius 2 is 2.00 bits per heavy atom. The Morgan fingerprint density at radius 1 is 1.18 bits per heavy atom. The van der Waals surface area contributed by atoms with E-state index in [1.165, 1.54) is 4.68 Å². The number of imidazole rings is 1. The normalized spacial score (nSPS) is 10.6. The van der Waals surface area contributed by atoms with Gasteiger partial charge in [-0.15, -0.1) is 0 Å². The highest BCUT2D eigenvalue weighted by atomic mass is 16.2. The van der Waals surface area contributed by atoms with Gasteiger partial charge in [-0.3, -0.25) is 14.3 Å². The summed E-state index contributed by atoms with van der Waals surface area (Å²) in [6, 6.07) is 11.4. The fourth-order valence-corrected chi connectivity index (χ4v) is 2.78. The number of nitrogens with one attached hydrogen (secondary N) is 2. The maximum atomic E-state index is 12.2. The summed E-state index contributed by atoms with van der Waals surface area (Å²) in [5.41, 5.74) is 1.39. The van der Waals surface area contributed by atoms with E-state index in [0.29, 0.717) is 25.2 Å². The number of hydrogen-bond donors (Lipinski definition) is 2. The van der Waals surface area contributed by atoms with Gasteiger partial charge < -0.3 is 15.2 Å². The molecule has 0 fully saturated rings. The number of amides is 2. The molecule has 0 saturated heterocycles. The minimum atomic E-state index is -0.258. The van der Waals surface area contributed by atoms with Gasteiger partial charge in [0.2, 0.25) is 5.91 Å². The number of nitrogens with zero attached hydrogens (tertiary/aromatic N) is 4. The van der Waals surface area contributed by atoms with Gasteiger partial charge in [-0.05, 0) is 18.4 Å². The minimum absolute atomic E-state index is 0.112. The summed E-state index contributed by atoms with van der Waals surface area (Å²) < 4.78 is 3.46. The smallest absolute Gasteiger partial charge is 0.271 e. The van der Waals surface area contributed by atoms with E-state index >= 15 is 0 Å². The van der Waals surface area contributed by atoms with Crippen LogP contribution >= 0.6 is 0 Å². The lowest BCUT2D eigenvalue weighted by molar-refractivity contribution is -0.116. The highest BCUT2D eigenvalue weighted by Crippen LogP contribution is 2.11. The van der Waals surface area contributed by atoms with Gasteiger partial charge in [0.1, 0.15) is 5.82 Å². The van der Waals surface area contributed by atoms with Crippen molar-refractivity contribution in [2.75, 3.05) is 11.9 Å². The molecule has 8 heteroatoms. The molecule has 0 aliphatic heterocycles. The first-order chi connectivity index (χ1) is 13.6. The second kappa shape index (κ2) is 9.50. The average Bonchev–Trinajstić information content (AvgIpc) is 3.34. The minimum Gasteiger partial charge on any atom is -0.351 e. The third kappa shape index (κ3) is 5.54. The summed E-state index contributed by atoms with van der Waals surface area (Å²) in [6.07, 6.45) is 7.17. The monoisotopic (exact) mass is 380 g/mol. The molecule has 0 aliphatic carbocycles. The highest BCUT2D eigenvalue weighted by Gasteiger charge is 2.14. The molecule has 2 amide bonds. The molecule has 0 atom stereocenters. The molecule has 3 rings (SSSR count). The van der Waals surface area contributed by atoms with E-state index in [-0.39, 0.29) is 17.5 Å². The zero-order chi connectivity index (χ0) is 19.8. The zero-order valence-electron chi connectivity index (χ0n) is 15.8. The first kappa shape index (κ1) is 19.3. The van der Waals surface area contributed by atoms with Crippen LogP contribution in [0, 0.1) is 0 Å². The quantitative estimate of drug-likeness (QED) is 0.555. The first-order valence-electron chi connectivity index (χ1n) is 9.23. The summed E-state index contributed by atoms with van der Waals surface area (Å²) in [5, 5.41) is 9.84. The molecule has 8 nitrogen and oxygen atoms in total. The van der Waals surface area contributed by atoms with Crippen LogP contribution in [0.4, 0.5) is 5.82 Å². The molecule has 1 aromatic carbocycles. The van der Waals surface area contributed by atoms with Crippen molar-refractivity contribution in [2.45, 2.75) is 25.8 Å². The number of anilines is 1. The third-order valence-electron chi connectivity index (χ3n) is 4.30. The van der Waals surface area contributed by atoms with Gasteiger partial charge >= 0.3 is 0 Å². The van der Waals surface area contributed by atoms with Crippen LogP contribution in [0.1, 0.15) is 28.9 Å². The van der Waals surface area contributed by atoms with Crippen LogP contribution in [0.5, 0.6) is 0 Å². The molecule has 146 valence electrons. The van der Waals surface area contributed by atoms with Gasteiger partial charge in [0, 0.05) is 45.0 Å². The summed E-state index contributed by atoms with van der Waals surface area (Å²) in [6.45, 7) is 1.32. The van der Waals surface area contributed by atoms with Gasteiger partial charge in [0.25, 0.3) is 5.91 Å². The first-order valence-corrected chi connectivity index (χ1v) is 9.23. The number of aromatic nitrogens is 4. The second-order valence-corrected chi connectivity index (χ2v) is 6.48. The maximum Gasteiger partial charge on any atom is 0.271 e. The highest BCUT2D eigenvalue weighted by molar-refractivity contribution is 5.95. The van der Waals surface area contributed by atoms with Gasteiger partial charge in [-0.25, -0.2) is 4.98 Å². The molecule has 2 N–H and O–H groups in total. The predicted octanol–water partition coefficient (Wildman–Crippen LogP) is 2.01. The molecule has 28 heavy (non-hydrogen) atoms. The Labute approximate surface area is 163 Å². The van der Waals surface area contributed by atoms with E-state index in [1.54, 1.807) is 25.6 Å². The number of benzene rings is 1. The van der Waals surface area contributed by atoms with E-state index < -0.39 is 0 Å². The second-order valence-electron chi connectivity index (χ2n) is 6.48. The third-order valence-corrected chi connectivity index (χ3v) is 4.30. The van der Waals surface area contributed by atoms with Crippen molar-refractivity contribution in [1.29, 1.82) is 0 Å². The van der Waals surface area contributed by atoms with Crippen LogP contribution in [-0.4, -0.2) is 37.7 Å². The fourth-order valence-electron chi connectivity index (χ4n) is 2.78. The van der Waals surface area contributed by atoms with Crippen LogP contribution in [0.15, 0.2) is 55.1 Å². The molecule has 0 radical (unpaired) electrons. The number of carbonyl (C=O) groups excluding carboxylic acids is 2. The summed E-state index contributed by atoms with van der Waals surface area (Å²) in [7, 11) is 1.70. The molecule has 3 aromatic rings. The van der Waals surface area contributed by atoms with Crippen molar-refractivity contribution < 1.29 is 9.59 Å². The van der Waals surface area contributed by atoms with Crippen LogP contribution in [0.2, 0.25) is 0 Å². The topological polar surface area (TPSA) is 93.8 Å². The van der Waals surface area contributed by atoms with E-state index in [1.807, 2.05) is 41.1 Å². The van der Waals surface area contributed by atoms with Crippen molar-refractivity contribution in [3.63, 3.8) is 0 Å². The summed E-state index contributed by atoms with van der Waals surface area (Å²) >= 11 is 0. The van der Waals surface area contributed by atoms with Crippen LogP contribution in [0.25, 0.3) is 0 Å². The number of carbonyl (C=O) groups is 2. The van der Waals surface area contributed by atoms with Crippen LogP contribution < -0.4 is 10.6 Å². The van der Waals surface area contributed by atoms with Crippen molar-refractivity contribution in [2.24, 2.45) is 7.05 Å². The molecular formula is C20H24N6O2. The number of aryl methyl sites for hydroxylation is 3. The molecule has 0 saturated carbocycles. The SMILES string of the molecule is Cn1nc(C(=O)NCCCn2ccnc2)cc1NC(=O)CCc1ccccc1. The Kier molecular flexibility index (Phi) is 6.56. The van der Waals surface area contributed by atoms with Crippen molar-refractivity contribution >= 4 is 17.6 Å². The molecule has 0 unspecified atom stereocenters. The van der Waals surface area contributed by atoms with Crippen LogP contribution in [-0.2, 0) is 24.8 Å². The Bertz CT molecular complexity index is 902. The van der Waals surface area contributed by atoms with Crippen molar-refractivity contribution in [3.8, 4) is 0 Å². The molecule has 0 spiro atoms. The predicted molar refractivity (Wildman–Crippen MR) is 106 cm³/mol. The average molecular weight is 380 g/mol. The molecule has 0 bridgehead atoms. The van der Waals surface area contributed by atoms with Crippen LogP contribution in [0.3, 0.4) is 0 Å². The lowest BCUT2D eigenvalue weighted by atomic mass is 10.1. The summed E-state index contributed by atoms with van der Waals surface area (Å²) in [5.74, 6) is 0.131. The van der Waals surface area contributed by atoms with Crippen molar-refractivity contribution in [1.82, 2.24) is 24.6 Å². The van der Waals surface area contributed by atoms with E-state index in [4.69, 9.17) is 0 Å². The van der Waals surface area contributed by atoms with Gasteiger partial charge in [-0.1, -0.05) is 30.3 Å². The van der Waals surface area contributed by atoms with Crippen molar-refractivity contribution in [3.05, 3.63) is 66.4 Å². The molecule has 2 aromatic heterocycles. The summed E-state index contributed by atoms with van der Waals surface area (Å²) in [4.78, 5) is 28.4. The van der Waals surface area contributed by atoms with E-state index in [0.717, 1.165) is 18.5 Å². The van der Waals surface area contributed by atoms with Gasteiger partial charge in [-0.2, -0.15) is 5.10 Å². The standard InChI is InChI=1S/C20H24N6O2/c1-25-18(23-19(27)9-8-16-6-3-2-4-7-16)14-17(24-25)20(28)22-10-5-12-26-13-11-21-15-26/h2-4,6-7,11,13-15H,5,8-10,12H2,1H3,(H,22,28)(H,23,27). The molecule has 2 heterocycles. The maximum absolute atomic E-state index is 12.2. The Morgan fingerprint density at radius 3 is 2.75 bits per heavy atom. The Balaban J connectivity index is 1.45. The van der Waals surface area contributed by atoms with Gasteiger partial charge in [0.05, 0.1) is 6.33 Å². The lowest BCUT2D eigenvalue weighted by Crippen LogP contribution is -2.25. The lowest BCUT2D eigenvalue weighted by Gasteiger charge is -2.05. The molecule has 0 aliphatic rings. The van der Waals surface area contributed by atoms with Gasteiger partial charge in [0.15, 0.2) is 5.69 Å². The fraction of sp³-hybridized carbons (Fsp3) is 0.300. The molecular weight excluding hydrogens is 356 g/mol. The number of hydrogen-bond acceptors (Lipinski definition) is 4. The van der Waals surface area contributed by atoms with E-state index in [9.17, 15) is 9.59 Å².